The Morgan fingerprint density at radius 1 is 1.45 bits per heavy atom. The predicted molar refractivity (Wildman–Crippen MR) is 79.1 cm³/mol. The van der Waals surface area contributed by atoms with E-state index in [1.807, 2.05) is 6.92 Å². The molecule has 1 unspecified atom stereocenters. The fraction of sp³-hybridized carbons (Fsp3) is 0.600. The van der Waals surface area contributed by atoms with Crippen LogP contribution in [0.25, 0.3) is 0 Å². The number of hydrogen-bond donors (Lipinski definition) is 2. The van der Waals surface area contributed by atoms with Gasteiger partial charge in [-0.3, -0.25) is 4.79 Å². The molecule has 1 amide bonds. The van der Waals surface area contributed by atoms with Gasteiger partial charge >= 0.3 is 0 Å². The summed E-state index contributed by atoms with van der Waals surface area (Å²) in [5.41, 5.74) is 1.48. The number of carbonyl (C=O) groups excluding carboxylic acids is 1. The van der Waals surface area contributed by atoms with Crippen LogP contribution in [0, 0.1) is 6.92 Å². The second-order valence-corrected chi connectivity index (χ2v) is 5.17. The molecule has 2 heterocycles. The number of amides is 1. The molecule has 20 heavy (non-hydrogen) atoms. The Kier molecular flexibility index (Phi) is 5.35. The molecule has 2 N–H and O–H groups in total. The van der Waals surface area contributed by atoms with Gasteiger partial charge in [0.1, 0.15) is 5.82 Å². The van der Waals surface area contributed by atoms with Crippen molar-refractivity contribution in [2.24, 2.45) is 0 Å². The van der Waals surface area contributed by atoms with Crippen molar-refractivity contribution in [1.29, 1.82) is 0 Å². The Balaban J connectivity index is 1.83. The Bertz CT molecular complexity index is 456. The van der Waals surface area contributed by atoms with E-state index >= 15 is 0 Å². The molecule has 0 aliphatic carbocycles. The third kappa shape index (κ3) is 4.20. The van der Waals surface area contributed by atoms with Crippen molar-refractivity contribution < 1.29 is 9.53 Å². The summed E-state index contributed by atoms with van der Waals surface area (Å²) in [5.74, 6) is 0.661. The fourth-order valence-electron chi connectivity index (χ4n) is 2.41. The second-order valence-electron chi connectivity index (χ2n) is 5.17. The van der Waals surface area contributed by atoms with Gasteiger partial charge in [-0.05, 0) is 44.7 Å². The summed E-state index contributed by atoms with van der Waals surface area (Å²) in [7, 11) is 1.80. The van der Waals surface area contributed by atoms with Crippen molar-refractivity contribution in [3.05, 3.63) is 23.4 Å². The third-order valence-corrected chi connectivity index (χ3v) is 3.50. The van der Waals surface area contributed by atoms with E-state index in [0.29, 0.717) is 24.0 Å². The lowest BCUT2D eigenvalue weighted by Crippen LogP contribution is -2.29. The first-order chi connectivity index (χ1) is 9.69. The summed E-state index contributed by atoms with van der Waals surface area (Å²) in [6, 6.07) is 3.56. The molecule has 0 spiro atoms. The lowest BCUT2D eigenvalue weighted by molar-refractivity contribution is 0.0117. The number of aryl methyl sites for hydroxylation is 1. The van der Waals surface area contributed by atoms with Crippen molar-refractivity contribution in [2.75, 3.05) is 25.5 Å². The Labute approximate surface area is 120 Å². The number of nitrogens with one attached hydrogen (secondary N) is 2. The molecule has 1 aromatic rings. The summed E-state index contributed by atoms with van der Waals surface area (Å²) in [5, 5.41) is 5.91. The highest BCUT2D eigenvalue weighted by Gasteiger charge is 2.14. The van der Waals surface area contributed by atoms with E-state index < -0.39 is 0 Å². The van der Waals surface area contributed by atoms with Crippen molar-refractivity contribution >= 4 is 11.7 Å². The monoisotopic (exact) mass is 277 g/mol. The van der Waals surface area contributed by atoms with Crippen LogP contribution in [0.2, 0.25) is 0 Å². The molecule has 5 nitrogen and oxygen atoms in total. The van der Waals surface area contributed by atoms with Gasteiger partial charge in [-0.25, -0.2) is 4.98 Å². The Morgan fingerprint density at radius 2 is 2.30 bits per heavy atom. The Hall–Kier alpha value is -1.62. The predicted octanol–water partition coefficient (Wildman–Crippen LogP) is 2.12. The quantitative estimate of drug-likeness (QED) is 0.865. The van der Waals surface area contributed by atoms with E-state index in [0.717, 1.165) is 31.6 Å². The van der Waals surface area contributed by atoms with Gasteiger partial charge in [-0.2, -0.15) is 0 Å². The first-order valence-electron chi connectivity index (χ1n) is 7.25. The standard InChI is InChI=1S/C15H23N3O2/c1-11-9-12(10-14(16-2)18-11)15(19)17-7-6-13-5-3-4-8-20-13/h9-10,13H,3-8H2,1-2H3,(H,16,18)(H,17,19). The van der Waals surface area contributed by atoms with Gasteiger partial charge in [0.2, 0.25) is 0 Å². The van der Waals surface area contributed by atoms with Crippen LogP contribution in [0.4, 0.5) is 5.82 Å². The van der Waals surface area contributed by atoms with E-state index in [9.17, 15) is 4.79 Å². The van der Waals surface area contributed by atoms with E-state index in [1.54, 1.807) is 19.2 Å². The van der Waals surface area contributed by atoms with Crippen molar-refractivity contribution in [3.8, 4) is 0 Å². The van der Waals surface area contributed by atoms with E-state index in [-0.39, 0.29) is 5.91 Å². The number of nitrogens with zero attached hydrogens (tertiary/aromatic N) is 1. The normalized spacial score (nSPS) is 18.6. The number of pyridine rings is 1. The maximum atomic E-state index is 12.1. The first kappa shape index (κ1) is 14.8. The van der Waals surface area contributed by atoms with Gasteiger partial charge in [0.15, 0.2) is 0 Å². The number of hydrogen-bond acceptors (Lipinski definition) is 4. The molecule has 1 fully saturated rings. The van der Waals surface area contributed by atoms with Crippen LogP contribution < -0.4 is 10.6 Å². The maximum absolute atomic E-state index is 12.1. The average Bonchev–Trinajstić information content (AvgIpc) is 2.47. The minimum absolute atomic E-state index is 0.0530. The molecule has 1 atom stereocenters. The highest BCUT2D eigenvalue weighted by Crippen LogP contribution is 2.15. The van der Waals surface area contributed by atoms with E-state index in [1.165, 1.54) is 6.42 Å². The lowest BCUT2D eigenvalue weighted by atomic mass is 10.1. The first-order valence-corrected chi connectivity index (χ1v) is 7.25. The molecule has 5 heteroatoms. The van der Waals surface area contributed by atoms with Gasteiger partial charge in [0.05, 0.1) is 6.10 Å². The second kappa shape index (κ2) is 7.24. The van der Waals surface area contributed by atoms with Crippen molar-refractivity contribution in [2.45, 2.75) is 38.7 Å². The number of aromatic nitrogens is 1. The number of anilines is 1. The molecule has 1 aliphatic heterocycles. The SMILES string of the molecule is CNc1cc(C(=O)NCCC2CCCCO2)cc(C)n1. The summed E-state index contributed by atoms with van der Waals surface area (Å²) >= 11 is 0. The topological polar surface area (TPSA) is 63.2 Å². The van der Waals surface area contributed by atoms with Crippen LogP contribution in [0.3, 0.4) is 0 Å². The van der Waals surface area contributed by atoms with E-state index in [2.05, 4.69) is 15.6 Å². The van der Waals surface area contributed by atoms with Crippen LogP contribution in [-0.2, 0) is 4.74 Å². The molecule has 0 saturated carbocycles. The molecule has 1 aromatic heterocycles. The van der Waals surface area contributed by atoms with Gasteiger partial charge in [0.25, 0.3) is 5.91 Å². The van der Waals surface area contributed by atoms with Crippen LogP contribution in [-0.4, -0.2) is 37.2 Å². The van der Waals surface area contributed by atoms with Crippen LogP contribution >= 0.6 is 0 Å². The van der Waals surface area contributed by atoms with E-state index in [4.69, 9.17) is 4.74 Å². The van der Waals surface area contributed by atoms with Gasteiger partial charge in [-0.1, -0.05) is 0 Å². The summed E-state index contributed by atoms with van der Waals surface area (Å²) in [6.45, 7) is 3.39. The molecule has 0 bridgehead atoms. The molecule has 1 saturated heterocycles. The molecular weight excluding hydrogens is 254 g/mol. The maximum Gasteiger partial charge on any atom is 0.251 e. The number of carbonyl (C=O) groups is 1. The molecule has 1 aliphatic rings. The third-order valence-electron chi connectivity index (χ3n) is 3.50. The zero-order valence-electron chi connectivity index (χ0n) is 12.2. The van der Waals surface area contributed by atoms with Crippen molar-refractivity contribution in [1.82, 2.24) is 10.3 Å². The number of ether oxygens (including phenoxy) is 1. The zero-order valence-corrected chi connectivity index (χ0v) is 12.2. The minimum atomic E-state index is -0.0530. The Morgan fingerprint density at radius 3 is 3.00 bits per heavy atom. The summed E-state index contributed by atoms with van der Waals surface area (Å²) in [6.07, 6.45) is 4.68. The molecule has 2 rings (SSSR count). The van der Waals surface area contributed by atoms with Gasteiger partial charge < -0.3 is 15.4 Å². The van der Waals surface area contributed by atoms with Crippen LogP contribution in [0.5, 0.6) is 0 Å². The van der Waals surface area contributed by atoms with Crippen LogP contribution in [0.15, 0.2) is 12.1 Å². The number of rotatable bonds is 5. The van der Waals surface area contributed by atoms with Gasteiger partial charge in [0, 0.05) is 31.5 Å². The fourth-order valence-corrected chi connectivity index (χ4v) is 2.41. The molecule has 0 aromatic carbocycles. The molecule has 0 radical (unpaired) electrons. The largest absolute Gasteiger partial charge is 0.378 e. The lowest BCUT2D eigenvalue weighted by Gasteiger charge is -2.22. The van der Waals surface area contributed by atoms with Crippen LogP contribution in [0.1, 0.15) is 41.7 Å². The molecule has 110 valence electrons. The summed E-state index contributed by atoms with van der Waals surface area (Å²) < 4.78 is 5.65. The molecular formula is C15H23N3O2. The zero-order chi connectivity index (χ0) is 14.4. The van der Waals surface area contributed by atoms with Gasteiger partial charge in [-0.15, -0.1) is 0 Å². The smallest absolute Gasteiger partial charge is 0.251 e. The highest BCUT2D eigenvalue weighted by molar-refractivity contribution is 5.94. The average molecular weight is 277 g/mol. The highest BCUT2D eigenvalue weighted by atomic mass is 16.5. The minimum Gasteiger partial charge on any atom is -0.378 e. The summed E-state index contributed by atoms with van der Waals surface area (Å²) in [4.78, 5) is 16.4. The van der Waals surface area contributed by atoms with Crippen molar-refractivity contribution in [3.63, 3.8) is 0 Å².